The molecule has 1 atom stereocenters. The first-order valence-electron chi connectivity index (χ1n) is 10.0. The van der Waals surface area contributed by atoms with Crippen molar-refractivity contribution >= 4 is 12.1 Å². The van der Waals surface area contributed by atoms with Crippen LogP contribution in [0.5, 0.6) is 0 Å². The molecule has 5 heteroatoms. The highest BCUT2D eigenvalue weighted by molar-refractivity contribution is 5.78. The normalized spacial score (nSPS) is 14.7. The molecule has 2 aromatic rings. The Kier molecular flexibility index (Phi) is 6.26. The summed E-state index contributed by atoms with van der Waals surface area (Å²) in [5.74, 6) is -0.548. The maximum absolute atomic E-state index is 12.4. The lowest BCUT2D eigenvalue weighted by Crippen LogP contribution is -2.36. The van der Waals surface area contributed by atoms with Crippen molar-refractivity contribution in [3.05, 3.63) is 70.8 Å². The van der Waals surface area contributed by atoms with Crippen molar-refractivity contribution in [3.63, 3.8) is 0 Å². The third-order valence-electron chi connectivity index (χ3n) is 4.97. The highest BCUT2D eigenvalue weighted by Gasteiger charge is 2.26. The number of benzene rings is 2. The molecule has 154 valence electrons. The fraction of sp³-hybridized carbons (Fsp3) is 0.417. The summed E-state index contributed by atoms with van der Waals surface area (Å²) in [4.78, 5) is 26.5. The Morgan fingerprint density at radius 3 is 2.48 bits per heavy atom. The molecule has 0 radical (unpaired) electrons. The smallest absolute Gasteiger partial charge is 0.410 e. The standard InChI is InChI=1S/C24H29NO4/c1-17(22(26)29-24(2,3)4)19-10-11-21-15-25(13-12-20(21)14-19)23(27)28-16-18-8-6-5-7-9-18/h5-11,14,17H,12-13,15-16H2,1-4H3. The Morgan fingerprint density at radius 2 is 1.79 bits per heavy atom. The molecule has 1 heterocycles. The van der Waals surface area contributed by atoms with Gasteiger partial charge in [-0.05, 0) is 56.4 Å². The number of hydrogen-bond acceptors (Lipinski definition) is 4. The summed E-state index contributed by atoms with van der Waals surface area (Å²) in [5.41, 5.74) is 3.68. The predicted molar refractivity (Wildman–Crippen MR) is 111 cm³/mol. The van der Waals surface area contributed by atoms with E-state index in [1.807, 2.05) is 70.2 Å². The van der Waals surface area contributed by atoms with Crippen molar-refractivity contribution < 1.29 is 19.1 Å². The van der Waals surface area contributed by atoms with E-state index in [9.17, 15) is 9.59 Å². The largest absolute Gasteiger partial charge is 0.460 e. The Hall–Kier alpha value is -2.82. The molecule has 29 heavy (non-hydrogen) atoms. The molecule has 1 amide bonds. The van der Waals surface area contributed by atoms with Gasteiger partial charge in [0.15, 0.2) is 0 Å². The SMILES string of the molecule is CC(C(=O)OC(C)(C)C)c1ccc2c(c1)CCN(C(=O)OCc1ccccc1)C2. The van der Waals surface area contributed by atoms with Crippen LogP contribution in [0.1, 0.15) is 55.9 Å². The van der Waals surface area contributed by atoms with E-state index in [0.29, 0.717) is 13.1 Å². The van der Waals surface area contributed by atoms with Crippen LogP contribution >= 0.6 is 0 Å². The molecule has 2 aromatic carbocycles. The number of ether oxygens (including phenoxy) is 2. The molecule has 0 N–H and O–H groups in total. The van der Waals surface area contributed by atoms with Gasteiger partial charge in [-0.25, -0.2) is 4.79 Å². The van der Waals surface area contributed by atoms with Crippen LogP contribution in [0.4, 0.5) is 4.79 Å². The third-order valence-corrected chi connectivity index (χ3v) is 4.97. The van der Waals surface area contributed by atoms with Gasteiger partial charge in [0.25, 0.3) is 0 Å². The molecule has 0 aliphatic carbocycles. The second-order valence-electron chi connectivity index (χ2n) is 8.50. The van der Waals surface area contributed by atoms with Gasteiger partial charge in [-0.15, -0.1) is 0 Å². The molecule has 0 bridgehead atoms. The minimum absolute atomic E-state index is 0.223. The summed E-state index contributed by atoms with van der Waals surface area (Å²) in [6.45, 7) is 8.87. The van der Waals surface area contributed by atoms with Gasteiger partial charge in [0.05, 0.1) is 5.92 Å². The van der Waals surface area contributed by atoms with Gasteiger partial charge in [0.2, 0.25) is 0 Å². The maximum Gasteiger partial charge on any atom is 0.410 e. The molecule has 0 saturated heterocycles. The summed E-state index contributed by atoms with van der Waals surface area (Å²) in [7, 11) is 0. The lowest BCUT2D eigenvalue weighted by Gasteiger charge is -2.29. The van der Waals surface area contributed by atoms with Crippen LogP contribution < -0.4 is 0 Å². The van der Waals surface area contributed by atoms with Crippen molar-refractivity contribution in [2.45, 2.75) is 58.8 Å². The molecular weight excluding hydrogens is 366 g/mol. The van der Waals surface area contributed by atoms with E-state index in [1.165, 1.54) is 5.56 Å². The molecule has 1 aliphatic rings. The zero-order chi connectivity index (χ0) is 21.0. The number of esters is 1. The topological polar surface area (TPSA) is 55.8 Å². The summed E-state index contributed by atoms with van der Waals surface area (Å²) >= 11 is 0. The lowest BCUT2D eigenvalue weighted by atomic mass is 9.92. The first-order chi connectivity index (χ1) is 13.7. The molecule has 5 nitrogen and oxygen atoms in total. The van der Waals surface area contributed by atoms with E-state index in [1.54, 1.807) is 4.90 Å². The van der Waals surface area contributed by atoms with Gasteiger partial charge in [0, 0.05) is 13.1 Å². The van der Waals surface area contributed by atoms with Crippen LogP contribution in [0.3, 0.4) is 0 Å². The first-order valence-corrected chi connectivity index (χ1v) is 10.0. The average Bonchev–Trinajstić information content (AvgIpc) is 2.70. The molecule has 1 unspecified atom stereocenters. The van der Waals surface area contributed by atoms with Crippen LogP contribution in [-0.2, 0) is 33.8 Å². The number of carbonyl (C=O) groups excluding carboxylic acids is 2. The van der Waals surface area contributed by atoms with Crippen molar-refractivity contribution in [3.8, 4) is 0 Å². The second kappa shape index (κ2) is 8.68. The van der Waals surface area contributed by atoms with E-state index >= 15 is 0 Å². The van der Waals surface area contributed by atoms with E-state index in [2.05, 4.69) is 6.07 Å². The Labute approximate surface area is 172 Å². The number of amides is 1. The van der Waals surface area contributed by atoms with Gasteiger partial charge < -0.3 is 14.4 Å². The minimum atomic E-state index is -0.500. The highest BCUT2D eigenvalue weighted by Crippen LogP contribution is 2.26. The van der Waals surface area contributed by atoms with E-state index in [-0.39, 0.29) is 24.6 Å². The Morgan fingerprint density at radius 1 is 1.07 bits per heavy atom. The van der Waals surface area contributed by atoms with Crippen molar-refractivity contribution in [2.75, 3.05) is 6.54 Å². The van der Waals surface area contributed by atoms with Gasteiger partial charge in [0.1, 0.15) is 12.2 Å². The predicted octanol–water partition coefficient (Wildman–Crippen LogP) is 4.83. The zero-order valence-corrected chi connectivity index (χ0v) is 17.6. The van der Waals surface area contributed by atoms with E-state index < -0.39 is 5.60 Å². The Bertz CT molecular complexity index is 870. The quantitative estimate of drug-likeness (QED) is 0.696. The molecule has 0 fully saturated rings. The van der Waals surface area contributed by atoms with Crippen LogP contribution in [0, 0.1) is 0 Å². The summed E-state index contributed by atoms with van der Waals surface area (Å²) < 4.78 is 10.9. The van der Waals surface area contributed by atoms with E-state index in [0.717, 1.165) is 23.1 Å². The zero-order valence-electron chi connectivity index (χ0n) is 17.6. The fourth-order valence-corrected chi connectivity index (χ4v) is 3.33. The van der Waals surface area contributed by atoms with E-state index in [4.69, 9.17) is 9.47 Å². The molecule has 0 aromatic heterocycles. The van der Waals surface area contributed by atoms with Gasteiger partial charge in [-0.3, -0.25) is 4.79 Å². The lowest BCUT2D eigenvalue weighted by molar-refractivity contribution is -0.156. The number of fused-ring (bicyclic) bond motifs is 1. The second-order valence-corrected chi connectivity index (χ2v) is 8.50. The number of rotatable bonds is 4. The van der Waals surface area contributed by atoms with Crippen molar-refractivity contribution in [2.24, 2.45) is 0 Å². The first kappa shape index (κ1) is 20.9. The maximum atomic E-state index is 12.4. The molecular formula is C24H29NO4. The van der Waals surface area contributed by atoms with Gasteiger partial charge in [-0.1, -0.05) is 48.5 Å². The molecule has 3 rings (SSSR count). The van der Waals surface area contributed by atoms with Gasteiger partial charge in [-0.2, -0.15) is 0 Å². The number of nitrogens with zero attached hydrogens (tertiary/aromatic N) is 1. The Balaban J connectivity index is 1.61. The molecule has 0 spiro atoms. The monoisotopic (exact) mass is 395 g/mol. The van der Waals surface area contributed by atoms with Crippen LogP contribution in [0.2, 0.25) is 0 Å². The van der Waals surface area contributed by atoms with Crippen LogP contribution in [-0.4, -0.2) is 29.1 Å². The summed E-state index contributed by atoms with van der Waals surface area (Å²) in [5, 5.41) is 0. The summed E-state index contributed by atoms with van der Waals surface area (Å²) in [6, 6.07) is 15.7. The number of carbonyl (C=O) groups is 2. The fourth-order valence-electron chi connectivity index (χ4n) is 3.33. The van der Waals surface area contributed by atoms with Crippen molar-refractivity contribution in [1.82, 2.24) is 4.90 Å². The van der Waals surface area contributed by atoms with Crippen molar-refractivity contribution in [1.29, 1.82) is 0 Å². The highest BCUT2D eigenvalue weighted by atomic mass is 16.6. The third kappa shape index (κ3) is 5.59. The minimum Gasteiger partial charge on any atom is -0.460 e. The molecule has 0 saturated carbocycles. The van der Waals surface area contributed by atoms with Gasteiger partial charge >= 0.3 is 12.1 Å². The molecule has 1 aliphatic heterocycles. The average molecular weight is 395 g/mol. The number of hydrogen-bond donors (Lipinski definition) is 0. The summed E-state index contributed by atoms with van der Waals surface area (Å²) in [6.07, 6.45) is 0.440. The van der Waals surface area contributed by atoms with Crippen LogP contribution in [0.25, 0.3) is 0 Å². The van der Waals surface area contributed by atoms with Crippen LogP contribution in [0.15, 0.2) is 48.5 Å².